The predicted molar refractivity (Wildman–Crippen MR) is 150 cm³/mol. The third-order valence-corrected chi connectivity index (χ3v) is 6.45. The average Bonchev–Trinajstić information content (AvgIpc) is 2.98. The number of halogens is 1. The van der Waals surface area contributed by atoms with Gasteiger partial charge in [-0.2, -0.15) is 0 Å². The van der Waals surface area contributed by atoms with E-state index in [-0.39, 0.29) is 0 Å². The molecule has 0 aliphatic rings. The zero-order valence-electron chi connectivity index (χ0n) is 19.7. The Morgan fingerprint density at radius 1 is 0.378 bits per heavy atom. The van der Waals surface area contributed by atoms with Crippen LogP contribution in [0.1, 0.15) is 0 Å². The van der Waals surface area contributed by atoms with Crippen LogP contribution < -0.4 is 0 Å². The molecule has 37 heavy (non-hydrogen) atoms. The zero-order chi connectivity index (χ0) is 25.0. The molecule has 0 spiro atoms. The minimum atomic E-state index is 0.610. The topological polar surface area (TPSA) is 64.5 Å². The largest absolute Gasteiger partial charge is 0.265 e. The fourth-order valence-electron chi connectivity index (χ4n) is 4.14. The van der Waals surface area contributed by atoms with E-state index in [1.165, 1.54) is 0 Å². The first-order chi connectivity index (χ1) is 18.2. The molecule has 6 rings (SSSR count). The number of hydrogen-bond donors (Lipinski definition) is 0. The molecule has 0 fully saturated rings. The summed E-state index contributed by atoms with van der Waals surface area (Å²) in [6, 6.07) is 32.4. The average molecular weight is 542 g/mol. The normalized spacial score (nSPS) is 10.8. The van der Waals surface area contributed by atoms with Gasteiger partial charge in [-0.05, 0) is 64.7 Å². The van der Waals surface area contributed by atoms with Crippen LogP contribution in [-0.4, -0.2) is 24.9 Å². The van der Waals surface area contributed by atoms with Crippen LogP contribution in [0.4, 0.5) is 0 Å². The van der Waals surface area contributed by atoms with Gasteiger partial charge in [-0.3, -0.25) is 9.97 Å². The van der Waals surface area contributed by atoms with Gasteiger partial charge in [0.05, 0.1) is 0 Å². The smallest absolute Gasteiger partial charge is 0.164 e. The lowest BCUT2D eigenvalue weighted by molar-refractivity contribution is 1.07. The number of benzene rings is 3. The molecule has 0 atom stereocenters. The second-order valence-corrected chi connectivity index (χ2v) is 9.37. The first-order valence-corrected chi connectivity index (χ1v) is 12.6. The highest BCUT2D eigenvalue weighted by atomic mass is 79.9. The molecule has 0 N–H and O–H groups in total. The Balaban J connectivity index is 1.47. The van der Waals surface area contributed by atoms with E-state index in [0.717, 1.165) is 43.4 Å². The highest BCUT2D eigenvalue weighted by Crippen LogP contribution is 2.31. The lowest BCUT2D eigenvalue weighted by atomic mass is 10.0. The van der Waals surface area contributed by atoms with Gasteiger partial charge in [-0.15, -0.1) is 0 Å². The Hall–Kier alpha value is -4.55. The van der Waals surface area contributed by atoms with E-state index in [0.29, 0.717) is 17.5 Å². The molecule has 0 saturated heterocycles. The summed E-state index contributed by atoms with van der Waals surface area (Å²) in [5.41, 5.74) is 7.10. The predicted octanol–water partition coefficient (Wildman–Crippen LogP) is 7.76. The van der Waals surface area contributed by atoms with Crippen molar-refractivity contribution < 1.29 is 0 Å². The zero-order valence-corrected chi connectivity index (χ0v) is 21.2. The molecule has 0 saturated carbocycles. The fraction of sp³-hybridized carbons (Fsp3) is 0. The summed E-state index contributed by atoms with van der Waals surface area (Å²) >= 11 is 3.67. The van der Waals surface area contributed by atoms with Gasteiger partial charge in [0.15, 0.2) is 17.5 Å². The quantitative estimate of drug-likeness (QED) is 0.223. The number of hydrogen-bond acceptors (Lipinski definition) is 5. The van der Waals surface area contributed by atoms with Gasteiger partial charge < -0.3 is 0 Å². The van der Waals surface area contributed by atoms with E-state index in [1.54, 1.807) is 24.8 Å². The molecule has 3 aromatic heterocycles. The highest BCUT2D eigenvalue weighted by molar-refractivity contribution is 9.10. The summed E-state index contributed by atoms with van der Waals surface area (Å²) in [5, 5.41) is 0. The van der Waals surface area contributed by atoms with Crippen LogP contribution in [0.5, 0.6) is 0 Å². The molecule has 6 heteroatoms. The maximum Gasteiger partial charge on any atom is 0.164 e. The molecule has 0 bridgehead atoms. The van der Waals surface area contributed by atoms with Crippen LogP contribution in [0.15, 0.2) is 126 Å². The Bertz CT molecular complexity index is 1660. The molecule has 5 nitrogen and oxygen atoms in total. The molecular formula is C31H20BrN5. The van der Waals surface area contributed by atoms with Gasteiger partial charge in [-0.1, -0.05) is 70.5 Å². The molecule has 6 aromatic rings. The summed E-state index contributed by atoms with van der Waals surface area (Å²) < 4.78 is 0.946. The van der Waals surface area contributed by atoms with E-state index in [9.17, 15) is 0 Å². The molecule has 3 aromatic carbocycles. The first kappa shape index (κ1) is 22.9. The van der Waals surface area contributed by atoms with Crippen molar-refractivity contribution in [3.8, 4) is 56.4 Å². The summed E-state index contributed by atoms with van der Waals surface area (Å²) in [6.45, 7) is 0. The van der Waals surface area contributed by atoms with Gasteiger partial charge in [0, 0.05) is 46.0 Å². The van der Waals surface area contributed by atoms with Crippen molar-refractivity contribution in [2.75, 3.05) is 0 Å². The maximum atomic E-state index is 4.91. The molecule has 0 radical (unpaired) electrons. The Kier molecular flexibility index (Phi) is 6.31. The van der Waals surface area contributed by atoms with Gasteiger partial charge in [0.2, 0.25) is 0 Å². The van der Waals surface area contributed by atoms with Crippen LogP contribution in [0.3, 0.4) is 0 Å². The Labute approximate surface area is 223 Å². The van der Waals surface area contributed by atoms with Crippen molar-refractivity contribution in [3.05, 3.63) is 126 Å². The van der Waals surface area contributed by atoms with Crippen LogP contribution >= 0.6 is 15.9 Å². The van der Waals surface area contributed by atoms with Crippen molar-refractivity contribution in [1.29, 1.82) is 0 Å². The number of aromatic nitrogens is 5. The summed E-state index contributed by atoms with van der Waals surface area (Å²) in [6.07, 6.45) is 7.18. The third-order valence-electron chi connectivity index (χ3n) is 5.99. The first-order valence-electron chi connectivity index (χ1n) is 11.8. The summed E-state index contributed by atoms with van der Waals surface area (Å²) in [7, 11) is 0. The molecule has 3 heterocycles. The van der Waals surface area contributed by atoms with E-state index in [4.69, 9.17) is 15.0 Å². The van der Waals surface area contributed by atoms with Crippen LogP contribution in [0, 0.1) is 0 Å². The van der Waals surface area contributed by atoms with Crippen LogP contribution in [0.2, 0.25) is 0 Å². The van der Waals surface area contributed by atoms with Gasteiger partial charge in [-0.25, -0.2) is 15.0 Å². The van der Waals surface area contributed by atoms with Gasteiger partial charge >= 0.3 is 0 Å². The van der Waals surface area contributed by atoms with Crippen molar-refractivity contribution in [2.45, 2.75) is 0 Å². The van der Waals surface area contributed by atoms with E-state index in [1.807, 2.05) is 72.8 Å². The minimum Gasteiger partial charge on any atom is -0.265 e. The van der Waals surface area contributed by atoms with Gasteiger partial charge in [0.25, 0.3) is 0 Å². The van der Waals surface area contributed by atoms with Crippen molar-refractivity contribution >= 4 is 15.9 Å². The minimum absolute atomic E-state index is 0.610. The summed E-state index contributed by atoms with van der Waals surface area (Å²) in [4.78, 5) is 22.9. The van der Waals surface area contributed by atoms with Crippen molar-refractivity contribution in [2.24, 2.45) is 0 Å². The highest BCUT2D eigenvalue weighted by Gasteiger charge is 2.14. The van der Waals surface area contributed by atoms with Crippen molar-refractivity contribution in [3.63, 3.8) is 0 Å². The molecule has 0 aliphatic carbocycles. The Morgan fingerprint density at radius 3 is 1.41 bits per heavy atom. The van der Waals surface area contributed by atoms with E-state index in [2.05, 4.69) is 50.2 Å². The molecular weight excluding hydrogens is 522 g/mol. The fourth-order valence-corrected chi connectivity index (χ4v) is 4.63. The van der Waals surface area contributed by atoms with E-state index >= 15 is 0 Å². The van der Waals surface area contributed by atoms with Crippen LogP contribution in [0.25, 0.3) is 56.4 Å². The lowest BCUT2D eigenvalue weighted by Gasteiger charge is -2.11. The second kappa shape index (κ2) is 10.2. The molecule has 0 unspecified atom stereocenters. The molecule has 0 aliphatic heterocycles. The third kappa shape index (κ3) is 5.06. The lowest BCUT2D eigenvalue weighted by Crippen LogP contribution is -2.00. The second-order valence-electron chi connectivity index (χ2n) is 8.45. The standard InChI is InChI=1S/C31H20BrN5/c32-28-19-26(23-12-16-34-17-13-23)18-27(20-28)31-36-29(24-4-2-1-3-5-24)35-30(37-31)25-8-6-21(7-9-25)22-10-14-33-15-11-22/h1-20H. The van der Waals surface area contributed by atoms with E-state index < -0.39 is 0 Å². The SMILES string of the molecule is Brc1cc(-c2ccncc2)cc(-c2nc(-c3ccccc3)nc(-c3ccc(-c4ccncc4)cc3)n2)c1. The summed E-state index contributed by atoms with van der Waals surface area (Å²) in [5.74, 6) is 1.86. The number of rotatable bonds is 5. The Morgan fingerprint density at radius 2 is 0.811 bits per heavy atom. The van der Waals surface area contributed by atoms with Crippen LogP contribution in [-0.2, 0) is 0 Å². The molecule has 0 amide bonds. The number of pyridine rings is 2. The van der Waals surface area contributed by atoms with Crippen molar-refractivity contribution in [1.82, 2.24) is 24.9 Å². The molecule has 176 valence electrons. The number of nitrogens with zero attached hydrogens (tertiary/aromatic N) is 5. The maximum absolute atomic E-state index is 4.91. The van der Waals surface area contributed by atoms with Gasteiger partial charge in [0.1, 0.15) is 0 Å². The monoisotopic (exact) mass is 541 g/mol.